The number of ether oxygens (including phenoxy) is 5. The normalized spacial score (nSPS) is 11.7. The van der Waals surface area contributed by atoms with Crippen molar-refractivity contribution in [1.82, 2.24) is 29.9 Å². The Balaban J connectivity index is 0.000000199. The van der Waals surface area contributed by atoms with Crippen molar-refractivity contribution in [2.24, 2.45) is 0 Å². The Labute approximate surface area is 244 Å². The smallest absolute Gasteiger partial charge is 0.341 e. The van der Waals surface area contributed by atoms with Crippen molar-refractivity contribution in [2.45, 2.75) is 27.2 Å². The molecule has 13 nitrogen and oxygen atoms in total. The Morgan fingerprint density at radius 2 is 1.52 bits per heavy atom. The summed E-state index contributed by atoms with van der Waals surface area (Å²) in [6, 6.07) is 3.65. The lowest BCUT2D eigenvalue weighted by Crippen LogP contribution is -2.04. The van der Waals surface area contributed by atoms with Crippen LogP contribution in [0, 0.1) is 0 Å². The molecular formula is C28H27ClN6O7. The summed E-state index contributed by atoms with van der Waals surface area (Å²) < 4.78 is 27.1. The molecule has 1 aliphatic rings. The van der Waals surface area contributed by atoms with Crippen LogP contribution in [-0.2, 0) is 9.47 Å². The molecule has 0 fully saturated rings. The zero-order chi connectivity index (χ0) is 29.6. The fraction of sp³-hybridized carbons (Fsp3) is 0.286. The number of halogens is 1. The van der Waals surface area contributed by atoms with E-state index in [1.807, 2.05) is 19.1 Å². The minimum Gasteiger partial charge on any atom is -0.493 e. The number of nitrogens with one attached hydrogen (secondary N) is 2. The molecule has 2 N–H and O–H groups in total. The van der Waals surface area contributed by atoms with Gasteiger partial charge in [0.05, 0.1) is 30.9 Å². The molecule has 5 aromatic rings. The number of hydrogen-bond acceptors (Lipinski definition) is 11. The summed E-state index contributed by atoms with van der Waals surface area (Å²) in [5, 5.41) is 0.288. The summed E-state index contributed by atoms with van der Waals surface area (Å²) in [5.74, 6) is 0.967. The van der Waals surface area contributed by atoms with Crippen LogP contribution in [0.25, 0.3) is 33.3 Å². The Bertz CT molecular complexity index is 1750. The largest absolute Gasteiger partial charge is 0.493 e. The number of aromatic amines is 2. The molecule has 0 bridgehead atoms. The van der Waals surface area contributed by atoms with Gasteiger partial charge in [-0.2, -0.15) is 0 Å². The predicted octanol–water partition coefficient (Wildman–Crippen LogP) is 5.11. The standard InChI is InChI=1S/C19H19N3O5.C9H8ClN3O2/c1-3-7-25-12-5-6-13-18(27-10-26-13)14(12)16-17-15(21-9-22-16)11(8-20-17)19(23)24-4-2;1-2-15-9(14)5-3-11-7-6(5)12-4-13-8(7)10/h5-6,8-9,20H,3-4,7,10H2,1-2H3;3-4,11H,2H2,1H3. The van der Waals surface area contributed by atoms with Crippen LogP contribution in [-0.4, -0.2) is 68.5 Å². The van der Waals surface area contributed by atoms with E-state index in [1.165, 1.54) is 18.9 Å². The van der Waals surface area contributed by atoms with Gasteiger partial charge in [0.2, 0.25) is 6.79 Å². The van der Waals surface area contributed by atoms with E-state index >= 15 is 0 Å². The highest BCUT2D eigenvalue weighted by Crippen LogP contribution is 2.47. The zero-order valence-corrected chi connectivity index (χ0v) is 23.8. The predicted molar refractivity (Wildman–Crippen MR) is 152 cm³/mol. The van der Waals surface area contributed by atoms with Crippen molar-refractivity contribution < 1.29 is 33.3 Å². The highest BCUT2D eigenvalue weighted by Gasteiger charge is 2.27. The van der Waals surface area contributed by atoms with Crippen molar-refractivity contribution in [2.75, 3.05) is 26.6 Å². The van der Waals surface area contributed by atoms with Crippen LogP contribution in [0.4, 0.5) is 0 Å². The van der Waals surface area contributed by atoms with Crippen LogP contribution in [0.1, 0.15) is 47.9 Å². The van der Waals surface area contributed by atoms with Crippen molar-refractivity contribution >= 4 is 45.6 Å². The number of benzene rings is 1. The fourth-order valence-corrected chi connectivity index (χ4v) is 4.47. The molecule has 0 radical (unpaired) electrons. The summed E-state index contributed by atoms with van der Waals surface area (Å²) in [5.41, 5.74) is 4.08. The first-order valence-electron chi connectivity index (χ1n) is 13.2. The number of H-pyrrole nitrogens is 2. The third-order valence-corrected chi connectivity index (χ3v) is 6.36. The number of nitrogens with zero attached hydrogens (tertiary/aromatic N) is 4. The second-order valence-electron chi connectivity index (χ2n) is 8.70. The van der Waals surface area contributed by atoms with Crippen LogP contribution in [0.5, 0.6) is 17.2 Å². The monoisotopic (exact) mass is 594 g/mol. The van der Waals surface area contributed by atoms with E-state index in [1.54, 1.807) is 20.0 Å². The zero-order valence-electron chi connectivity index (χ0n) is 23.0. The van der Waals surface area contributed by atoms with E-state index < -0.39 is 11.9 Å². The molecule has 0 atom stereocenters. The van der Waals surface area contributed by atoms with E-state index in [0.29, 0.717) is 74.9 Å². The topological polar surface area (TPSA) is 163 Å². The van der Waals surface area contributed by atoms with Crippen LogP contribution < -0.4 is 14.2 Å². The number of fused-ring (bicyclic) bond motifs is 3. The molecule has 0 saturated carbocycles. The summed E-state index contributed by atoms with van der Waals surface area (Å²) in [7, 11) is 0. The van der Waals surface area contributed by atoms with Crippen LogP contribution in [0.2, 0.25) is 5.15 Å². The lowest BCUT2D eigenvalue weighted by atomic mass is 10.1. The Kier molecular flexibility index (Phi) is 8.67. The van der Waals surface area contributed by atoms with Crippen molar-refractivity contribution in [3.8, 4) is 28.5 Å². The molecule has 0 amide bonds. The van der Waals surface area contributed by atoms with Gasteiger partial charge in [-0.25, -0.2) is 29.5 Å². The van der Waals surface area contributed by atoms with E-state index in [4.69, 9.17) is 35.3 Å². The number of hydrogen-bond donors (Lipinski definition) is 2. The Morgan fingerprint density at radius 1 is 0.881 bits per heavy atom. The summed E-state index contributed by atoms with van der Waals surface area (Å²) in [4.78, 5) is 46.1. The second kappa shape index (κ2) is 12.7. The van der Waals surface area contributed by atoms with Gasteiger partial charge >= 0.3 is 11.9 Å². The van der Waals surface area contributed by atoms with Gasteiger partial charge in [0.1, 0.15) is 51.8 Å². The first-order chi connectivity index (χ1) is 20.5. The maximum Gasteiger partial charge on any atom is 0.341 e. The van der Waals surface area contributed by atoms with Gasteiger partial charge in [0.25, 0.3) is 0 Å². The molecule has 1 aliphatic heterocycles. The quantitative estimate of drug-likeness (QED) is 0.181. The first kappa shape index (κ1) is 28.6. The Hall–Kier alpha value is -4.91. The van der Waals surface area contributed by atoms with Crippen LogP contribution >= 0.6 is 11.6 Å². The number of carbonyl (C=O) groups is 2. The SMILES string of the molecule is CCCOc1ccc2c(c1-c1ncnc3c(C(=O)OCC)c[nH]c13)OCO2.CCOC(=O)c1c[nH]c2c(Cl)ncnc12. The third kappa shape index (κ3) is 5.50. The van der Waals surface area contributed by atoms with Crippen LogP contribution in [0.15, 0.2) is 37.2 Å². The summed E-state index contributed by atoms with van der Waals surface area (Å²) in [6.07, 6.45) is 6.67. The fourth-order valence-electron chi connectivity index (χ4n) is 4.28. The van der Waals surface area contributed by atoms with Crippen molar-refractivity contribution in [1.29, 1.82) is 0 Å². The minimum atomic E-state index is -0.436. The van der Waals surface area contributed by atoms with Gasteiger partial charge in [0.15, 0.2) is 16.7 Å². The number of rotatable bonds is 8. The summed E-state index contributed by atoms with van der Waals surface area (Å²) in [6.45, 7) is 6.84. The van der Waals surface area contributed by atoms with Gasteiger partial charge in [-0.05, 0) is 32.4 Å². The van der Waals surface area contributed by atoms with Gasteiger partial charge in [-0.1, -0.05) is 18.5 Å². The molecule has 0 unspecified atom stereocenters. The molecule has 4 aromatic heterocycles. The van der Waals surface area contributed by atoms with Gasteiger partial charge in [-0.3, -0.25) is 0 Å². The lowest BCUT2D eigenvalue weighted by Gasteiger charge is -2.13. The highest BCUT2D eigenvalue weighted by molar-refractivity contribution is 6.34. The lowest BCUT2D eigenvalue weighted by molar-refractivity contribution is 0.0518. The molecule has 0 spiro atoms. The minimum absolute atomic E-state index is 0.132. The van der Waals surface area contributed by atoms with Gasteiger partial charge in [0, 0.05) is 12.4 Å². The van der Waals surface area contributed by atoms with E-state index in [-0.39, 0.29) is 18.6 Å². The summed E-state index contributed by atoms with van der Waals surface area (Å²) >= 11 is 5.82. The molecule has 0 aliphatic carbocycles. The average molecular weight is 595 g/mol. The van der Waals surface area contributed by atoms with E-state index in [2.05, 4.69) is 29.9 Å². The third-order valence-electron chi connectivity index (χ3n) is 6.07. The van der Waals surface area contributed by atoms with E-state index in [9.17, 15) is 9.59 Å². The molecule has 0 saturated heterocycles. The van der Waals surface area contributed by atoms with Gasteiger partial charge in [-0.15, -0.1) is 0 Å². The first-order valence-corrected chi connectivity index (χ1v) is 13.6. The molecular weight excluding hydrogens is 568 g/mol. The second-order valence-corrected chi connectivity index (χ2v) is 9.06. The molecule has 6 rings (SSSR count). The van der Waals surface area contributed by atoms with Crippen molar-refractivity contribution in [3.05, 3.63) is 53.5 Å². The number of esters is 2. The number of aromatic nitrogens is 6. The average Bonchev–Trinajstić information content (AvgIpc) is 3.75. The number of carbonyl (C=O) groups excluding carboxylic acids is 2. The maximum absolute atomic E-state index is 12.2. The highest BCUT2D eigenvalue weighted by atomic mass is 35.5. The molecule has 42 heavy (non-hydrogen) atoms. The maximum atomic E-state index is 12.2. The van der Waals surface area contributed by atoms with Gasteiger partial charge < -0.3 is 33.7 Å². The molecule has 218 valence electrons. The molecule has 5 heterocycles. The van der Waals surface area contributed by atoms with E-state index in [0.717, 1.165) is 6.42 Å². The van der Waals surface area contributed by atoms with Crippen LogP contribution in [0.3, 0.4) is 0 Å². The van der Waals surface area contributed by atoms with Crippen molar-refractivity contribution in [3.63, 3.8) is 0 Å². The Morgan fingerprint density at radius 3 is 2.19 bits per heavy atom. The molecule has 14 heteroatoms. The molecule has 1 aromatic carbocycles.